The van der Waals surface area contributed by atoms with Crippen LogP contribution in [0, 0.1) is 0 Å². The van der Waals surface area contributed by atoms with Crippen LogP contribution in [0.1, 0.15) is 0 Å². The Kier molecular flexibility index (Phi) is 4.35. The van der Waals surface area contributed by atoms with Crippen molar-refractivity contribution in [3.05, 3.63) is 30.3 Å². The number of aliphatic hydroxyl groups is 1. The fourth-order valence-electron chi connectivity index (χ4n) is 1.81. The first-order chi connectivity index (χ1) is 8.96. The van der Waals surface area contributed by atoms with Gasteiger partial charge in [0.05, 0.1) is 23.7 Å². The topological polar surface area (TPSA) is 90.5 Å². The van der Waals surface area contributed by atoms with Crippen molar-refractivity contribution in [2.45, 2.75) is 12.1 Å². The van der Waals surface area contributed by atoms with Gasteiger partial charge >= 0.3 is 0 Å². The van der Waals surface area contributed by atoms with E-state index in [0.29, 0.717) is 5.11 Å². The molecule has 1 aromatic rings. The van der Waals surface area contributed by atoms with Crippen LogP contribution in [0.25, 0.3) is 0 Å². The lowest BCUT2D eigenvalue weighted by atomic mass is 10.2. The number of sulfone groups is 1. The summed E-state index contributed by atoms with van der Waals surface area (Å²) in [6.07, 6.45) is -0.919. The summed E-state index contributed by atoms with van der Waals surface area (Å²) in [5, 5.41) is 12.8. The third-order valence-electron chi connectivity index (χ3n) is 2.73. The first-order valence-corrected chi connectivity index (χ1v) is 7.95. The van der Waals surface area contributed by atoms with Gasteiger partial charge in [-0.1, -0.05) is 18.2 Å². The summed E-state index contributed by atoms with van der Waals surface area (Å²) in [7, 11) is -3.17. The van der Waals surface area contributed by atoms with E-state index in [4.69, 9.17) is 12.2 Å². The lowest BCUT2D eigenvalue weighted by molar-refractivity contribution is 0.163. The van der Waals surface area contributed by atoms with E-state index in [2.05, 4.69) is 16.2 Å². The fourth-order valence-corrected chi connectivity index (χ4v) is 3.73. The second kappa shape index (κ2) is 5.83. The standard InChI is InChI=1S/C11H15N3O3S2/c15-10-7-19(16,17)6-9(10)13-14-11(18)12-8-4-2-1-3-5-8/h1-5,9-10,13,15H,6-7H2,(H2,12,14,18)/t9-,10+/m1/s1. The number of hydrogen-bond donors (Lipinski definition) is 4. The van der Waals surface area contributed by atoms with E-state index in [1.54, 1.807) is 0 Å². The number of para-hydroxylation sites is 1. The number of nitrogens with one attached hydrogen (secondary N) is 3. The molecule has 1 heterocycles. The Morgan fingerprint density at radius 3 is 2.53 bits per heavy atom. The average Bonchev–Trinajstić information content (AvgIpc) is 2.61. The number of benzene rings is 1. The molecule has 0 aliphatic carbocycles. The monoisotopic (exact) mass is 301 g/mol. The molecule has 2 rings (SSSR count). The Morgan fingerprint density at radius 1 is 1.26 bits per heavy atom. The van der Waals surface area contributed by atoms with E-state index in [0.717, 1.165) is 5.69 Å². The molecular weight excluding hydrogens is 286 g/mol. The first-order valence-electron chi connectivity index (χ1n) is 5.72. The quantitative estimate of drug-likeness (QED) is 0.447. The van der Waals surface area contributed by atoms with Crippen LogP contribution < -0.4 is 16.2 Å². The highest BCUT2D eigenvalue weighted by atomic mass is 32.2. The van der Waals surface area contributed by atoms with Crippen molar-refractivity contribution in [3.63, 3.8) is 0 Å². The minimum atomic E-state index is -3.17. The van der Waals surface area contributed by atoms with Gasteiger partial charge in [-0.3, -0.25) is 5.43 Å². The molecule has 0 bridgehead atoms. The summed E-state index contributed by atoms with van der Waals surface area (Å²) in [5.74, 6) is -0.319. The van der Waals surface area contributed by atoms with Crippen LogP contribution in [0.2, 0.25) is 0 Å². The highest BCUT2D eigenvalue weighted by Gasteiger charge is 2.36. The molecule has 1 fully saturated rings. The predicted octanol–water partition coefficient (Wildman–Crippen LogP) is -0.364. The Bertz CT molecular complexity index is 548. The van der Waals surface area contributed by atoms with Gasteiger partial charge in [0.1, 0.15) is 0 Å². The van der Waals surface area contributed by atoms with Gasteiger partial charge in [0.15, 0.2) is 14.9 Å². The van der Waals surface area contributed by atoms with E-state index < -0.39 is 22.0 Å². The normalized spacial score (nSPS) is 24.9. The number of thiocarbonyl (C=S) groups is 1. The average molecular weight is 301 g/mol. The number of hydrogen-bond acceptors (Lipinski definition) is 5. The minimum Gasteiger partial charge on any atom is -0.390 e. The van der Waals surface area contributed by atoms with Gasteiger partial charge in [0, 0.05) is 5.69 Å². The molecule has 19 heavy (non-hydrogen) atoms. The lowest BCUT2D eigenvalue weighted by Gasteiger charge is -2.17. The van der Waals surface area contributed by atoms with Gasteiger partial charge in [-0.2, -0.15) is 0 Å². The van der Waals surface area contributed by atoms with Crippen LogP contribution in [0.5, 0.6) is 0 Å². The number of anilines is 1. The molecule has 0 radical (unpaired) electrons. The van der Waals surface area contributed by atoms with E-state index >= 15 is 0 Å². The second-order valence-corrected chi connectivity index (χ2v) is 6.90. The number of aliphatic hydroxyl groups excluding tert-OH is 1. The molecule has 0 spiro atoms. The minimum absolute atomic E-state index is 0.102. The van der Waals surface area contributed by atoms with Crippen molar-refractivity contribution in [2.24, 2.45) is 0 Å². The molecule has 1 aromatic carbocycles. The maximum atomic E-state index is 11.3. The third kappa shape index (κ3) is 4.13. The van der Waals surface area contributed by atoms with Crippen LogP contribution in [-0.4, -0.2) is 42.3 Å². The van der Waals surface area contributed by atoms with E-state index in [9.17, 15) is 13.5 Å². The molecular formula is C11H15N3O3S2. The molecule has 0 aromatic heterocycles. The molecule has 104 valence electrons. The molecule has 0 unspecified atom stereocenters. The summed E-state index contributed by atoms with van der Waals surface area (Å²) in [5.41, 5.74) is 6.23. The zero-order valence-corrected chi connectivity index (χ0v) is 11.7. The van der Waals surface area contributed by atoms with E-state index in [1.807, 2.05) is 30.3 Å². The van der Waals surface area contributed by atoms with Gasteiger partial charge in [-0.15, -0.1) is 0 Å². The summed E-state index contributed by atoms with van der Waals surface area (Å²) >= 11 is 5.05. The SMILES string of the molecule is O=S1(=O)C[C@H](O)[C@H](NNC(=S)Nc2ccccc2)C1. The zero-order chi connectivity index (χ0) is 13.9. The van der Waals surface area contributed by atoms with Crippen LogP contribution in [0.3, 0.4) is 0 Å². The number of hydrazine groups is 1. The van der Waals surface area contributed by atoms with Crippen molar-refractivity contribution >= 4 is 32.9 Å². The maximum absolute atomic E-state index is 11.3. The molecule has 6 nitrogen and oxygen atoms in total. The summed E-state index contributed by atoms with van der Waals surface area (Å²) < 4.78 is 22.6. The van der Waals surface area contributed by atoms with Gasteiger partial charge in [0.25, 0.3) is 0 Å². The molecule has 8 heteroatoms. The van der Waals surface area contributed by atoms with Gasteiger partial charge in [-0.25, -0.2) is 13.8 Å². The van der Waals surface area contributed by atoms with Crippen molar-refractivity contribution in [3.8, 4) is 0 Å². The molecule has 4 N–H and O–H groups in total. The summed E-state index contributed by atoms with van der Waals surface area (Å²) in [6, 6.07) is 8.77. The Balaban J connectivity index is 1.81. The molecule has 0 saturated carbocycles. The van der Waals surface area contributed by atoms with Crippen LogP contribution in [-0.2, 0) is 9.84 Å². The van der Waals surface area contributed by atoms with E-state index in [1.165, 1.54) is 0 Å². The smallest absolute Gasteiger partial charge is 0.185 e. The molecule has 0 amide bonds. The highest BCUT2D eigenvalue weighted by Crippen LogP contribution is 2.11. The molecule has 2 atom stereocenters. The van der Waals surface area contributed by atoms with Crippen molar-refractivity contribution < 1.29 is 13.5 Å². The lowest BCUT2D eigenvalue weighted by Crippen LogP contribution is -2.50. The van der Waals surface area contributed by atoms with Gasteiger partial charge in [0.2, 0.25) is 0 Å². The van der Waals surface area contributed by atoms with Crippen molar-refractivity contribution in [2.75, 3.05) is 16.8 Å². The van der Waals surface area contributed by atoms with Crippen LogP contribution >= 0.6 is 12.2 Å². The van der Waals surface area contributed by atoms with Crippen LogP contribution in [0.4, 0.5) is 5.69 Å². The van der Waals surface area contributed by atoms with Crippen LogP contribution in [0.15, 0.2) is 30.3 Å². The molecule has 1 aliphatic heterocycles. The second-order valence-electron chi connectivity index (χ2n) is 4.34. The predicted molar refractivity (Wildman–Crippen MR) is 77.4 cm³/mol. The summed E-state index contributed by atoms with van der Waals surface area (Å²) in [4.78, 5) is 0. The molecule has 1 aliphatic rings. The third-order valence-corrected chi connectivity index (χ3v) is 4.65. The van der Waals surface area contributed by atoms with Gasteiger partial charge in [-0.05, 0) is 24.4 Å². The number of rotatable bonds is 3. The zero-order valence-electron chi connectivity index (χ0n) is 10.0. The molecule has 1 saturated heterocycles. The largest absolute Gasteiger partial charge is 0.390 e. The fraction of sp³-hybridized carbons (Fsp3) is 0.364. The maximum Gasteiger partial charge on any atom is 0.185 e. The first kappa shape index (κ1) is 14.2. The highest BCUT2D eigenvalue weighted by molar-refractivity contribution is 7.91. The van der Waals surface area contributed by atoms with E-state index in [-0.39, 0.29) is 11.5 Å². The Morgan fingerprint density at radius 2 is 1.95 bits per heavy atom. The Hall–Kier alpha value is -1.22. The van der Waals surface area contributed by atoms with Crippen molar-refractivity contribution in [1.29, 1.82) is 0 Å². The Labute approximate surface area is 117 Å². The summed E-state index contributed by atoms with van der Waals surface area (Å²) in [6.45, 7) is 0. The van der Waals surface area contributed by atoms with Crippen molar-refractivity contribution in [1.82, 2.24) is 10.9 Å². The van der Waals surface area contributed by atoms with Gasteiger partial charge < -0.3 is 10.4 Å².